The van der Waals surface area contributed by atoms with Crippen LogP contribution in [0.1, 0.15) is 95.8 Å². The minimum absolute atomic E-state index is 0.327. The SMILES string of the molecule is CCCCC(=NCc1ccc(Cc2ccc(OC(C)(C)C(=O)OCC)cc2)cc1)NC1(C=O)CCCCC1. The van der Waals surface area contributed by atoms with Crippen molar-refractivity contribution in [2.45, 2.75) is 103 Å². The molecule has 2 aromatic carbocycles. The van der Waals surface area contributed by atoms with Gasteiger partial charge in [-0.15, -0.1) is 0 Å². The van der Waals surface area contributed by atoms with Crippen LogP contribution in [0.2, 0.25) is 0 Å². The van der Waals surface area contributed by atoms with Crippen LogP contribution in [0.3, 0.4) is 0 Å². The van der Waals surface area contributed by atoms with Crippen LogP contribution in [-0.2, 0) is 27.3 Å². The maximum atomic E-state index is 12.1. The molecule has 0 radical (unpaired) electrons. The molecule has 1 aliphatic rings. The minimum atomic E-state index is -1.04. The van der Waals surface area contributed by atoms with Gasteiger partial charge < -0.3 is 19.6 Å². The summed E-state index contributed by atoms with van der Waals surface area (Å²) in [6.07, 6.45) is 10.1. The predicted molar refractivity (Wildman–Crippen MR) is 153 cm³/mol. The van der Waals surface area contributed by atoms with Crippen LogP contribution in [0, 0.1) is 0 Å². The Hall–Kier alpha value is -3.15. The highest BCUT2D eigenvalue weighted by Crippen LogP contribution is 2.27. The first-order valence-corrected chi connectivity index (χ1v) is 14.1. The summed E-state index contributed by atoms with van der Waals surface area (Å²) in [6.45, 7) is 8.31. The average molecular weight is 521 g/mol. The van der Waals surface area contributed by atoms with Crippen molar-refractivity contribution in [1.29, 1.82) is 0 Å². The van der Waals surface area contributed by atoms with E-state index in [0.29, 0.717) is 18.9 Å². The van der Waals surface area contributed by atoms with Crippen molar-refractivity contribution in [3.05, 3.63) is 65.2 Å². The van der Waals surface area contributed by atoms with Gasteiger partial charge in [-0.3, -0.25) is 4.99 Å². The number of rotatable bonds is 13. The highest BCUT2D eigenvalue weighted by Gasteiger charge is 2.32. The molecule has 6 heteroatoms. The van der Waals surface area contributed by atoms with Crippen molar-refractivity contribution in [3.63, 3.8) is 0 Å². The van der Waals surface area contributed by atoms with E-state index in [1.165, 1.54) is 12.0 Å². The van der Waals surface area contributed by atoms with E-state index in [9.17, 15) is 9.59 Å². The molecule has 1 N–H and O–H groups in total. The third kappa shape index (κ3) is 8.71. The van der Waals surface area contributed by atoms with Gasteiger partial charge in [-0.2, -0.15) is 0 Å². The molecule has 0 bridgehead atoms. The van der Waals surface area contributed by atoms with E-state index in [0.717, 1.165) is 74.6 Å². The normalized spacial score (nSPS) is 15.5. The molecule has 1 fully saturated rings. The summed E-state index contributed by atoms with van der Waals surface area (Å²) in [5, 5.41) is 3.55. The quantitative estimate of drug-likeness (QED) is 0.140. The first-order valence-electron chi connectivity index (χ1n) is 14.1. The fraction of sp³-hybridized carbons (Fsp3) is 0.531. The molecule has 1 saturated carbocycles. The zero-order valence-electron chi connectivity index (χ0n) is 23.6. The zero-order chi connectivity index (χ0) is 27.4. The van der Waals surface area contributed by atoms with Crippen LogP contribution in [-0.4, -0.2) is 35.8 Å². The maximum Gasteiger partial charge on any atom is 0.349 e. The van der Waals surface area contributed by atoms with Crippen LogP contribution >= 0.6 is 0 Å². The fourth-order valence-corrected chi connectivity index (χ4v) is 4.77. The smallest absolute Gasteiger partial charge is 0.349 e. The Morgan fingerprint density at radius 3 is 2.16 bits per heavy atom. The van der Waals surface area contributed by atoms with E-state index in [-0.39, 0.29) is 5.97 Å². The summed E-state index contributed by atoms with van der Waals surface area (Å²) < 4.78 is 11.0. The fourth-order valence-electron chi connectivity index (χ4n) is 4.77. The minimum Gasteiger partial charge on any atom is -0.476 e. The topological polar surface area (TPSA) is 77.0 Å². The number of aldehydes is 1. The number of esters is 1. The van der Waals surface area contributed by atoms with Crippen LogP contribution in [0.5, 0.6) is 5.75 Å². The molecule has 0 aromatic heterocycles. The van der Waals surface area contributed by atoms with Gasteiger partial charge in [0.15, 0.2) is 5.60 Å². The van der Waals surface area contributed by atoms with Crippen molar-refractivity contribution >= 4 is 18.1 Å². The van der Waals surface area contributed by atoms with Gasteiger partial charge in [0.05, 0.1) is 24.5 Å². The van der Waals surface area contributed by atoms with Gasteiger partial charge in [-0.25, -0.2) is 4.79 Å². The Labute approximate surface area is 228 Å². The first-order chi connectivity index (χ1) is 18.3. The number of hydrogen-bond acceptors (Lipinski definition) is 5. The number of ether oxygens (including phenoxy) is 2. The van der Waals surface area contributed by atoms with Gasteiger partial charge in [0.2, 0.25) is 0 Å². The van der Waals surface area contributed by atoms with Crippen molar-refractivity contribution < 1.29 is 19.1 Å². The van der Waals surface area contributed by atoms with Crippen molar-refractivity contribution in [3.8, 4) is 5.75 Å². The lowest BCUT2D eigenvalue weighted by atomic mass is 9.82. The molecule has 1 aliphatic carbocycles. The lowest BCUT2D eigenvalue weighted by molar-refractivity contribution is -0.158. The van der Waals surface area contributed by atoms with E-state index in [4.69, 9.17) is 14.5 Å². The number of nitrogens with zero attached hydrogens (tertiary/aromatic N) is 1. The number of carbonyl (C=O) groups excluding carboxylic acids is 2. The summed E-state index contributed by atoms with van der Waals surface area (Å²) >= 11 is 0. The van der Waals surface area contributed by atoms with Gasteiger partial charge in [0.25, 0.3) is 0 Å². The molecule has 2 aromatic rings. The summed E-state index contributed by atoms with van der Waals surface area (Å²) in [5.41, 5.74) is 2.05. The number of carbonyl (C=O) groups is 2. The summed E-state index contributed by atoms with van der Waals surface area (Å²) in [6, 6.07) is 16.4. The molecule has 0 amide bonds. The highest BCUT2D eigenvalue weighted by atomic mass is 16.6. The van der Waals surface area contributed by atoms with Crippen LogP contribution in [0.4, 0.5) is 0 Å². The molecule has 6 nitrogen and oxygen atoms in total. The van der Waals surface area contributed by atoms with Gasteiger partial charge in [-0.1, -0.05) is 69.0 Å². The molecule has 38 heavy (non-hydrogen) atoms. The molecule has 3 rings (SSSR count). The summed E-state index contributed by atoms with van der Waals surface area (Å²) in [7, 11) is 0. The van der Waals surface area contributed by atoms with Gasteiger partial charge in [0, 0.05) is 6.42 Å². The standard InChI is InChI=1S/C32H44N2O4/c1-5-7-11-29(34-32(24-35)20-9-8-10-21-32)33-23-27-14-12-25(13-15-27)22-26-16-18-28(19-17-26)38-31(3,4)30(36)37-6-2/h12-19,24H,5-11,20-23H2,1-4H3,(H,33,34). The number of nitrogens with one attached hydrogen (secondary N) is 1. The Kier molecular flexibility index (Phi) is 10.9. The number of unbranched alkanes of at least 4 members (excludes halogenated alkanes) is 1. The Morgan fingerprint density at radius 1 is 0.974 bits per heavy atom. The van der Waals surface area contributed by atoms with Crippen molar-refractivity contribution in [2.75, 3.05) is 6.61 Å². The van der Waals surface area contributed by atoms with Gasteiger partial charge in [-0.05, 0) is 75.3 Å². The third-order valence-electron chi connectivity index (χ3n) is 7.08. The Bertz CT molecular complexity index is 1050. The monoisotopic (exact) mass is 520 g/mol. The number of aliphatic imine (C=N–C) groups is 1. The molecular formula is C32H44N2O4. The first kappa shape index (κ1) is 29.4. The second-order valence-corrected chi connectivity index (χ2v) is 10.8. The lowest BCUT2D eigenvalue weighted by Gasteiger charge is -2.34. The van der Waals surface area contributed by atoms with E-state index in [1.807, 2.05) is 24.3 Å². The van der Waals surface area contributed by atoms with E-state index in [2.05, 4.69) is 36.5 Å². The average Bonchev–Trinajstić information content (AvgIpc) is 2.92. The van der Waals surface area contributed by atoms with Gasteiger partial charge in [0.1, 0.15) is 12.0 Å². The molecule has 0 atom stereocenters. The summed E-state index contributed by atoms with van der Waals surface area (Å²) in [4.78, 5) is 28.9. The number of benzene rings is 2. The third-order valence-corrected chi connectivity index (χ3v) is 7.08. The summed E-state index contributed by atoms with van der Waals surface area (Å²) in [5.74, 6) is 1.22. The number of amidine groups is 1. The molecular weight excluding hydrogens is 476 g/mol. The van der Waals surface area contributed by atoms with E-state index in [1.54, 1.807) is 20.8 Å². The highest BCUT2D eigenvalue weighted by molar-refractivity contribution is 5.86. The largest absolute Gasteiger partial charge is 0.476 e. The Morgan fingerprint density at radius 2 is 1.58 bits per heavy atom. The van der Waals surface area contributed by atoms with Crippen LogP contribution in [0.15, 0.2) is 53.5 Å². The molecule has 0 aliphatic heterocycles. The van der Waals surface area contributed by atoms with Crippen molar-refractivity contribution in [1.82, 2.24) is 5.32 Å². The lowest BCUT2D eigenvalue weighted by Crippen LogP contribution is -2.51. The maximum absolute atomic E-state index is 12.1. The van der Waals surface area contributed by atoms with Crippen LogP contribution in [0.25, 0.3) is 0 Å². The molecule has 0 saturated heterocycles. The molecule has 0 spiro atoms. The van der Waals surface area contributed by atoms with Crippen LogP contribution < -0.4 is 10.1 Å². The van der Waals surface area contributed by atoms with E-state index >= 15 is 0 Å². The van der Waals surface area contributed by atoms with Gasteiger partial charge >= 0.3 is 5.97 Å². The second kappa shape index (κ2) is 14.1. The molecule has 0 unspecified atom stereocenters. The second-order valence-electron chi connectivity index (χ2n) is 10.8. The van der Waals surface area contributed by atoms with E-state index < -0.39 is 11.1 Å². The van der Waals surface area contributed by atoms with Crippen molar-refractivity contribution in [2.24, 2.45) is 4.99 Å². The Balaban J connectivity index is 1.59. The predicted octanol–water partition coefficient (Wildman–Crippen LogP) is 6.58. The molecule has 206 valence electrons. The molecule has 0 heterocycles. The zero-order valence-corrected chi connectivity index (χ0v) is 23.6. The number of hydrogen-bond donors (Lipinski definition) is 1.